The van der Waals surface area contributed by atoms with Gasteiger partial charge in [-0.05, 0) is 75.3 Å². The van der Waals surface area contributed by atoms with Crippen LogP contribution >= 0.6 is 0 Å². The number of hydrogen-bond donors (Lipinski definition) is 0. The second-order valence-corrected chi connectivity index (χ2v) is 12.8. The minimum absolute atomic E-state index is 0.941. The number of rotatable bonds is 5. The molecule has 0 aliphatic rings. The molecular formula is C47H31N3. The number of pyridine rings is 1. The van der Waals surface area contributed by atoms with E-state index in [2.05, 4.69) is 197 Å². The molecule has 0 atom stereocenters. The minimum Gasteiger partial charge on any atom is -0.308 e. The molecule has 7 aromatic carbocycles. The Morgan fingerprint density at radius 3 is 1.66 bits per heavy atom. The van der Waals surface area contributed by atoms with Crippen molar-refractivity contribution >= 4 is 38.0 Å². The molecule has 0 N–H and O–H groups in total. The zero-order chi connectivity index (χ0) is 33.0. The minimum atomic E-state index is 0.941. The number of para-hydroxylation sites is 2. The number of fused-ring (bicyclic) bond motifs is 5. The normalized spacial score (nSPS) is 11.6. The van der Waals surface area contributed by atoms with E-state index in [0.717, 1.165) is 50.5 Å². The maximum atomic E-state index is 5.68. The molecule has 0 spiro atoms. The van der Waals surface area contributed by atoms with Crippen LogP contribution in [0, 0.1) is 0 Å². The van der Waals surface area contributed by atoms with Crippen molar-refractivity contribution in [3.8, 4) is 50.6 Å². The summed E-state index contributed by atoms with van der Waals surface area (Å²) in [7, 11) is 0. The Morgan fingerprint density at radius 2 is 0.940 bits per heavy atom. The van der Waals surface area contributed by atoms with Crippen LogP contribution in [0.25, 0.3) is 88.6 Å². The van der Waals surface area contributed by atoms with Gasteiger partial charge in [-0.1, -0.05) is 146 Å². The molecule has 0 saturated carbocycles. The Morgan fingerprint density at radius 1 is 0.400 bits per heavy atom. The molecule has 10 rings (SSSR count). The van der Waals surface area contributed by atoms with Gasteiger partial charge in [0.25, 0.3) is 0 Å². The van der Waals surface area contributed by atoms with E-state index in [0.29, 0.717) is 0 Å². The van der Waals surface area contributed by atoms with Crippen LogP contribution in [0.4, 0.5) is 0 Å². The molecule has 0 saturated heterocycles. The molecule has 0 fully saturated rings. The van der Waals surface area contributed by atoms with Gasteiger partial charge in [-0.2, -0.15) is 5.10 Å². The molecule has 0 amide bonds. The van der Waals surface area contributed by atoms with Crippen molar-refractivity contribution in [1.29, 1.82) is 0 Å². The van der Waals surface area contributed by atoms with Crippen molar-refractivity contribution in [2.24, 2.45) is 0 Å². The summed E-state index contributed by atoms with van der Waals surface area (Å²) in [6.45, 7) is 0. The summed E-state index contributed by atoms with van der Waals surface area (Å²) in [5.41, 5.74) is 12.1. The van der Waals surface area contributed by atoms with Crippen molar-refractivity contribution in [2.75, 3.05) is 0 Å². The highest BCUT2D eigenvalue weighted by molar-refractivity contribution is 6.10. The van der Waals surface area contributed by atoms with E-state index in [1.807, 2.05) is 0 Å². The summed E-state index contributed by atoms with van der Waals surface area (Å²) < 4.78 is 4.57. The predicted molar refractivity (Wildman–Crippen MR) is 209 cm³/mol. The van der Waals surface area contributed by atoms with E-state index < -0.39 is 0 Å². The molecule has 0 radical (unpaired) electrons. The fourth-order valence-electron chi connectivity index (χ4n) is 7.63. The number of nitrogens with zero attached hydrogens (tertiary/aromatic N) is 3. The summed E-state index contributed by atoms with van der Waals surface area (Å²) in [6.07, 6.45) is 0. The van der Waals surface area contributed by atoms with Crippen molar-refractivity contribution < 1.29 is 0 Å². The van der Waals surface area contributed by atoms with Crippen molar-refractivity contribution in [3.63, 3.8) is 0 Å². The smallest absolute Gasteiger partial charge is 0.118 e. The van der Waals surface area contributed by atoms with Crippen LogP contribution in [0.5, 0.6) is 0 Å². The topological polar surface area (TPSA) is 22.2 Å². The first-order chi connectivity index (χ1) is 24.8. The SMILES string of the molecule is c1ccc(-c2cc3ccccc3cc2-c2cc3ccccc3c3c(-c4ccccc4)c(-c4cc5ccccc5n4-c4ccccc4)nn23)cc1. The molecule has 50 heavy (non-hydrogen) atoms. The molecule has 0 unspecified atom stereocenters. The highest BCUT2D eigenvalue weighted by Crippen LogP contribution is 2.44. The number of hydrogen-bond acceptors (Lipinski definition) is 1. The predicted octanol–water partition coefficient (Wildman–Crippen LogP) is 12.3. The van der Waals surface area contributed by atoms with Crippen LogP contribution < -0.4 is 0 Å². The van der Waals surface area contributed by atoms with Crippen LogP contribution in [0.3, 0.4) is 0 Å². The highest BCUT2D eigenvalue weighted by atomic mass is 15.2. The summed E-state index contributed by atoms with van der Waals surface area (Å²) >= 11 is 0. The van der Waals surface area contributed by atoms with Crippen LogP contribution in [0.15, 0.2) is 188 Å². The third-order valence-electron chi connectivity index (χ3n) is 9.90. The molecule has 0 aliphatic heterocycles. The Kier molecular flexibility index (Phi) is 6.49. The van der Waals surface area contributed by atoms with Crippen LogP contribution in [-0.2, 0) is 0 Å². The second-order valence-electron chi connectivity index (χ2n) is 12.8. The number of aromatic nitrogens is 3. The summed E-state index contributed by atoms with van der Waals surface area (Å²) in [5.74, 6) is 0. The van der Waals surface area contributed by atoms with Crippen molar-refractivity contribution in [1.82, 2.24) is 14.2 Å². The first kappa shape index (κ1) is 28.3. The largest absolute Gasteiger partial charge is 0.308 e. The van der Waals surface area contributed by atoms with Crippen molar-refractivity contribution in [2.45, 2.75) is 0 Å². The van der Waals surface area contributed by atoms with Crippen LogP contribution in [-0.4, -0.2) is 14.2 Å². The highest BCUT2D eigenvalue weighted by Gasteiger charge is 2.25. The van der Waals surface area contributed by atoms with E-state index >= 15 is 0 Å². The zero-order valence-electron chi connectivity index (χ0n) is 27.2. The van der Waals surface area contributed by atoms with Crippen LogP contribution in [0.2, 0.25) is 0 Å². The Balaban J connectivity index is 1.39. The lowest BCUT2D eigenvalue weighted by Gasteiger charge is -2.15. The van der Waals surface area contributed by atoms with Gasteiger partial charge in [-0.3, -0.25) is 0 Å². The lowest BCUT2D eigenvalue weighted by Crippen LogP contribution is -1.99. The molecular weight excluding hydrogens is 607 g/mol. The van der Waals surface area contributed by atoms with Gasteiger partial charge in [0.2, 0.25) is 0 Å². The van der Waals surface area contributed by atoms with Gasteiger partial charge in [0.05, 0.1) is 22.4 Å². The fraction of sp³-hybridized carbons (Fsp3) is 0. The summed E-state index contributed by atoms with van der Waals surface area (Å²) in [6, 6.07) is 67.4. The fourth-order valence-corrected chi connectivity index (χ4v) is 7.63. The molecule has 0 bridgehead atoms. The van der Waals surface area contributed by atoms with Gasteiger partial charge < -0.3 is 4.57 Å². The molecule has 3 nitrogen and oxygen atoms in total. The van der Waals surface area contributed by atoms with Gasteiger partial charge >= 0.3 is 0 Å². The first-order valence-corrected chi connectivity index (χ1v) is 17.1. The Bertz CT molecular complexity index is 2850. The number of benzene rings is 7. The lowest BCUT2D eigenvalue weighted by molar-refractivity contribution is 0.970. The second kappa shape index (κ2) is 11.5. The molecule has 3 heterocycles. The van der Waals surface area contributed by atoms with Crippen LogP contribution in [0.1, 0.15) is 0 Å². The third-order valence-corrected chi connectivity index (χ3v) is 9.90. The maximum absolute atomic E-state index is 5.68. The van der Waals surface area contributed by atoms with E-state index in [1.54, 1.807) is 0 Å². The molecule has 10 aromatic rings. The third kappa shape index (κ3) is 4.48. The van der Waals surface area contributed by atoms with E-state index in [-0.39, 0.29) is 0 Å². The molecule has 234 valence electrons. The van der Waals surface area contributed by atoms with Gasteiger partial charge in [0.15, 0.2) is 0 Å². The molecule has 3 aromatic heterocycles. The first-order valence-electron chi connectivity index (χ1n) is 17.1. The lowest BCUT2D eigenvalue weighted by atomic mass is 9.92. The molecule has 3 heteroatoms. The maximum Gasteiger partial charge on any atom is 0.118 e. The van der Waals surface area contributed by atoms with E-state index in [1.165, 1.54) is 38.1 Å². The van der Waals surface area contributed by atoms with E-state index in [4.69, 9.17) is 5.10 Å². The van der Waals surface area contributed by atoms with Crippen molar-refractivity contribution in [3.05, 3.63) is 188 Å². The van der Waals surface area contributed by atoms with Gasteiger partial charge in [0, 0.05) is 27.6 Å². The monoisotopic (exact) mass is 637 g/mol. The van der Waals surface area contributed by atoms with Gasteiger partial charge in [-0.25, -0.2) is 4.52 Å². The summed E-state index contributed by atoms with van der Waals surface area (Å²) in [4.78, 5) is 0. The van der Waals surface area contributed by atoms with E-state index in [9.17, 15) is 0 Å². The van der Waals surface area contributed by atoms with Gasteiger partial charge in [-0.15, -0.1) is 0 Å². The Hall–Kier alpha value is -6.71. The standard InChI is InChI=1S/C47H31N3/c1-4-16-32(17-5-1)40-28-34-20-10-11-21-35(34)29-41(40)43-30-36-22-12-14-26-39(36)47-45(33-18-6-2-7-19-33)46(48-50(43)47)44-31-37-23-13-15-27-42(37)49(44)38-24-8-3-9-25-38/h1-31H. The zero-order valence-corrected chi connectivity index (χ0v) is 27.2. The molecule has 0 aliphatic carbocycles. The quantitative estimate of drug-likeness (QED) is 0.184. The van der Waals surface area contributed by atoms with Gasteiger partial charge in [0.1, 0.15) is 5.69 Å². The average molecular weight is 638 g/mol. The average Bonchev–Trinajstić information content (AvgIpc) is 3.78. The summed E-state index contributed by atoms with van der Waals surface area (Å²) in [5, 5.41) is 11.6. The Labute approximate surface area is 289 Å².